The number of nitrogens with zero attached hydrogens (tertiary/aromatic N) is 2. The minimum Gasteiger partial charge on any atom is -0.478 e. The van der Waals surface area contributed by atoms with E-state index in [0.29, 0.717) is 5.69 Å². The van der Waals surface area contributed by atoms with Gasteiger partial charge in [-0.1, -0.05) is 0 Å². The fourth-order valence-electron chi connectivity index (χ4n) is 1.90. The molecule has 0 aliphatic heterocycles. The maximum Gasteiger partial charge on any atom is 0.335 e. The fraction of sp³-hybridized carbons (Fsp3) is 0.214. The number of methoxy groups -OCH3 is 1. The van der Waals surface area contributed by atoms with Gasteiger partial charge in [0.25, 0.3) is 11.6 Å². The van der Waals surface area contributed by atoms with Crippen molar-refractivity contribution in [2.45, 2.75) is 13.5 Å². The molecule has 1 heterocycles. The summed E-state index contributed by atoms with van der Waals surface area (Å²) < 4.78 is 19.9. The van der Waals surface area contributed by atoms with Crippen LogP contribution in [-0.2, 0) is 6.54 Å². The van der Waals surface area contributed by atoms with Crippen LogP contribution in [0.15, 0.2) is 29.1 Å². The van der Waals surface area contributed by atoms with Crippen molar-refractivity contribution < 1.29 is 19.0 Å². The van der Waals surface area contributed by atoms with Crippen molar-refractivity contribution >= 4 is 5.97 Å². The number of halogens is 1. The van der Waals surface area contributed by atoms with Gasteiger partial charge in [-0.25, -0.2) is 14.2 Å². The molecule has 2 aromatic rings. The second-order valence-corrected chi connectivity index (χ2v) is 4.42. The lowest BCUT2D eigenvalue weighted by Crippen LogP contribution is -2.23. The number of carboxylic acid groups (broad SMARTS) is 1. The number of hydrogen-bond acceptors (Lipinski definition) is 4. The molecule has 0 radical (unpaired) electrons. The highest BCUT2D eigenvalue weighted by Crippen LogP contribution is 2.14. The molecule has 21 heavy (non-hydrogen) atoms. The topological polar surface area (TPSA) is 81.4 Å². The summed E-state index contributed by atoms with van der Waals surface area (Å²) in [6.45, 7) is 1.47. The number of aromatic nitrogens is 2. The highest BCUT2D eigenvalue weighted by molar-refractivity contribution is 5.87. The Kier molecular flexibility index (Phi) is 4.02. The normalized spacial score (nSPS) is 10.4. The van der Waals surface area contributed by atoms with Crippen LogP contribution in [0.1, 0.15) is 21.6 Å². The van der Waals surface area contributed by atoms with Crippen LogP contribution >= 0.6 is 0 Å². The predicted octanol–water partition coefficient (Wildman–Crippen LogP) is 1.45. The molecule has 1 N–H and O–H groups in total. The van der Waals surface area contributed by atoms with Crippen LogP contribution in [-0.4, -0.2) is 27.7 Å². The van der Waals surface area contributed by atoms with Gasteiger partial charge in [-0.3, -0.25) is 9.36 Å². The van der Waals surface area contributed by atoms with E-state index < -0.39 is 17.3 Å². The first-order valence-electron chi connectivity index (χ1n) is 6.06. The van der Waals surface area contributed by atoms with Gasteiger partial charge >= 0.3 is 5.97 Å². The molecular weight excluding hydrogens is 279 g/mol. The molecule has 0 bridgehead atoms. The Hall–Kier alpha value is -2.70. The van der Waals surface area contributed by atoms with Gasteiger partial charge in [0.1, 0.15) is 5.82 Å². The van der Waals surface area contributed by atoms with Gasteiger partial charge in [0.15, 0.2) is 0 Å². The van der Waals surface area contributed by atoms with Crippen molar-refractivity contribution in [2.75, 3.05) is 7.11 Å². The molecule has 0 spiro atoms. The zero-order valence-electron chi connectivity index (χ0n) is 11.5. The molecular formula is C14H13FN2O4. The van der Waals surface area contributed by atoms with E-state index in [1.807, 2.05) is 0 Å². The van der Waals surface area contributed by atoms with E-state index in [9.17, 15) is 14.0 Å². The van der Waals surface area contributed by atoms with Crippen LogP contribution in [0.4, 0.5) is 4.39 Å². The van der Waals surface area contributed by atoms with E-state index in [1.54, 1.807) is 6.92 Å². The largest absolute Gasteiger partial charge is 0.478 e. The summed E-state index contributed by atoms with van der Waals surface area (Å²) in [6.07, 6.45) is 0. The van der Waals surface area contributed by atoms with Crippen LogP contribution < -0.4 is 10.3 Å². The molecule has 0 fully saturated rings. The summed E-state index contributed by atoms with van der Waals surface area (Å²) >= 11 is 0. The molecule has 1 aromatic heterocycles. The Labute approximate surface area is 119 Å². The standard InChI is InChI=1S/C14H13FN2O4/c1-8-5-12(18)17(14(16-8)21-2)7-10-6-9(13(19)20)3-4-11(10)15/h3-6H,7H2,1-2H3,(H,19,20). The second-order valence-electron chi connectivity index (χ2n) is 4.42. The number of aromatic carboxylic acids is 1. The molecule has 0 aliphatic rings. The van der Waals surface area contributed by atoms with Crippen LogP contribution in [0.5, 0.6) is 6.01 Å². The smallest absolute Gasteiger partial charge is 0.335 e. The van der Waals surface area contributed by atoms with Gasteiger partial charge in [-0.2, -0.15) is 0 Å². The number of hydrogen-bond donors (Lipinski definition) is 1. The fourth-order valence-corrected chi connectivity index (χ4v) is 1.90. The monoisotopic (exact) mass is 292 g/mol. The Balaban J connectivity index is 2.50. The lowest BCUT2D eigenvalue weighted by molar-refractivity contribution is 0.0696. The average Bonchev–Trinajstić information content (AvgIpc) is 2.43. The van der Waals surface area contributed by atoms with Crippen LogP contribution in [0, 0.1) is 12.7 Å². The molecule has 0 saturated heterocycles. The first kappa shape index (κ1) is 14.7. The van der Waals surface area contributed by atoms with Crippen LogP contribution in [0.2, 0.25) is 0 Å². The van der Waals surface area contributed by atoms with Crippen molar-refractivity contribution in [3.8, 4) is 6.01 Å². The predicted molar refractivity (Wildman–Crippen MR) is 72.2 cm³/mol. The molecule has 0 amide bonds. The van der Waals surface area contributed by atoms with Crippen molar-refractivity contribution in [3.63, 3.8) is 0 Å². The zero-order chi connectivity index (χ0) is 15.6. The zero-order valence-corrected chi connectivity index (χ0v) is 11.5. The Bertz CT molecular complexity index is 755. The average molecular weight is 292 g/mol. The summed E-state index contributed by atoms with van der Waals surface area (Å²) in [5.74, 6) is -1.77. The Morgan fingerprint density at radius 3 is 2.76 bits per heavy atom. The van der Waals surface area contributed by atoms with E-state index in [4.69, 9.17) is 9.84 Å². The van der Waals surface area contributed by atoms with Crippen molar-refractivity contribution in [3.05, 3.63) is 57.3 Å². The number of rotatable bonds is 4. The summed E-state index contributed by atoms with van der Waals surface area (Å²) in [5.41, 5.74) is 0.0896. The summed E-state index contributed by atoms with van der Waals surface area (Å²) in [7, 11) is 1.35. The number of carbonyl (C=O) groups is 1. The first-order chi connectivity index (χ1) is 9.92. The number of ether oxygens (including phenoxy) is 1. The molecule has 7 heteroatoms. The maximum absolute atomic E-state index is 13.8. The summed E-state index contributed by atoms with van der Waals surface area (Å²) in [6, 6.07) is 4.73. The van der Waals surface area contributed by atoms with Gasteiger partial charge in [-0.15, -0.1) is 0 Å². The number of carboxylic acids is 1. The lowest BCUT2D eigenvalue weighted by Gasteiger charge is -2.12. The van der Waals surface area contributed by atoms with E-state index in [-0.39, 0.29) is 23.7 Å². The van der Waals surface area contributed by atoms with Gasteiger partial charge < -0.3 is 9.84 Å². The van der Waals surface area contributed by atoms with Gasteiger partial charge in [0.05, 0.1) is 19.2 Å². The molecule has 6 nitrogen and oxygen atoms in total. The molecule has 110 valence electrons. The number of aryl methyl sites for hydroxylation is 1. The Morgan fingerprint density at radius 2 is 2.14 bits per heavy atom. The molecule has 0 saturated carbocycles. The lowest BCUT2D eigenvalue weighted by atomic mass is 10.1. The molecule has 0 unspecified atom stereocenters. The SMILES string of the molecule is COc1nc(C)cc(=O)n1Cc1cc(C(=O)O)ccc1F. The third-order valence-corrected chi connectivity index (χ3v) is 2.90. The van der Waals surface area contributed by atoms with Crippen molar-refractivity contribution in [1.29, 1.82) is 0 Å². The van der Waals surface area contributed by atoms with E-state index in [0.717, 1.165) is 16.7 Å². The minimum atomic E-state index is -1.17. The second kappa shape index (κ2) is 5.74. The summed E-state index contributed by atoms with van der Waals surface area (Å²) in [5, 5.41) is 8.93. The highest BCUT2D eigenvalue weighted by Gasteiger charge is 2.13. The van der Waals surface area contributed by atoms with Crippen LogP contribution in [0.25, 0.3) is 0 Å². The van der Waals surface area contributed by atoms with E-state index in [2.05, 4.69) is 4.98 Å². The van der Waals surface area contributed by atoms with Crippen LogP contribution in [0.3, 0.4) is 0 Å². The van der Waals surface area contributed by atoms with E-state index in [1.165, 1.54) is 19.2 Å². The third-order valence-electron chi connectivity index (χ3n) is 2.90. The number of benzene rings is 1. The third kappa shape index (κ3) is 3.07. The van der Waals surface area contributed by atoms with Gasteiger partial charge in [-0.05, 0) is 25.1 Å². The van der Waals surface area contributed by atoms with Gasteiger partial charge in [0, 0.05) is 17.3 Å². The minimum absolute atomic E-state index is 0.0418. The summed E-state index contributed by atoms with van der Waals surface area (Å²) in [4.78, 5) is 26.9. The molecule has 1 aromatic carbocycles. The van der Waals surface area contributed by atoms with E-state index >= 15 is 0 Å². The molecule has 0 atom stereocenters. The maximum atomic E-state index is 13.8. The molecule has 0 aliphatic carbocycles. The highest BCUT2D eigenvalue weighted by atomic mass is 19.1. The van der Waals surface area contributed by atoms with Crippen molar-refractivity contribution in [2.24, 2.45) is 0 Å². The first-order valence-corrected chi connectivity index (χ1v) is 6.06. The quantitative estimate of drug-likeness (QED) is 0.922. The Morgan fingerprint density at radius 1 is 1.43 bits per heavy atom. The van der Waals surface area contributed by atoms with Gasteiger partial charge in [0.2, 0.25) is 0 Å². The molecule has 2 rings (SSSR count). The van der Waals surface area contributed by atoms with Crippen molar-refractivity contribution in [1.82, 2.24) is 9.55 Å².